The molecule has 2 aliphatic rings. The van der Waals surface area contributed by atoms with E-state index in [9.17, 15) is 14.4 Å². The van der Waals surface area contributed by atoms with E-state index in [-0.39, 0.29) is 23.8 Å². The van der Waals surface area contributed by atoms with Crippen LogP contribution >= 0.6 is 0 Å². The van der Waals surface area contributed by atoms with Crippen molar-refractivity contribution in [2.24, 2.45) is 5.92 Å². The molecule has 8 heteroatoms. The summed E-state index contributed by atoms with van der Waals surface area (Å²) in [5, 5.41) is 4.23. The van der Waals surface area contributed by atoms with E-state index in [0.717, 1.165) is 27.7 Å². The Hall–Kier alpha value is -3.81. The Morgan fingerprint density at radius 1 is 1.03 bits per heavy atom. The van der Waals surface area contributed by atoms with E-state index in [2.05, 4.69) is 16.4 Å². The van der Waals surface area contributed by atoms with Crippen LogP contribution in [0.15, 0.2) is 54.7 Å². The van der Waals surface area contributed by atoms with Gasteiger partial charge < -0.3 is 19.9 Å². The van der Waals surface area contributed by atoms with E-state index in [1.165, 1.54) is 0 Å². The standard InChI is InChI=1S/C30H36N4O4/c1-30(2,3)38-29(37)33-16-13-20(14-17-33)28(36)34-25-11-7-4-8-21(25)18-26(34)27(35)31-15-12-22-19-32-24-10-6-5-9-23(22)24/h4-11,19-20,26,32H,12-18H2,1-3H3,(H,31,35)/t26-/m0/s1. The Bertz CT molecular complexity index is 1330. The fourth-order valence-electron chi connectivity index (χ4n) is 5.48. The van der Waals surface area contributed by atoms with Gasteiger partial charge >= 0.3 is 6.09 Å². The van der Waals surface area contributed by atoms with Gasteiger partial charge in [-0.25, -0.2) is 4.79 Å². The number of aromatic nitrogens is 1. The smallest absolute Gasteiger partial charge is 0.410 e. The van der Waals surface area contributed by atoms with Crippen molar-refractivity contribution in [3.05, 3.63) is 65.9 Å². The molecule has 2 aliphatic heterocycles. The average Bonchev–Trinajstić information content (AvgIpc) is 3.49. The first-order valence-corrected chi connectivity index (χ1v) is 13.4. The highest BCUT2D eigenvalue weighted by Gasteiger charge is 2.41. The van der Waals surface area contributed by atoms with Crippen LogP contribution in [0.25, 0.3) is 10.9 Å². The van der Waals surface area contributed by atoms with Crippen LogP contribution in [0.2, 0.25) is 0 Å². The summed E-state index contributed by atoms with van der Waals surface area (Å²) in [4.78, 5) is 46.3. The number of aromatic amines is 1. The summed E-state index contributed by atoms with van der Waals surface area (Å²) in [5.74, 6) is -0.433. The van der Waals surface area contributed by atoms with Gasteiger partial charge in [-0.15, -0.1) is 0 Å². The number of benzene rings is 2. The molecule has 8 nitrogen and oxygen atoms in total. The summed E-state index contributed by atoms with van der Waals surface area (Å²) in [7, 11) is 0. The molecule has 1 saturated heterocycles. The lowest BCUT2D eigenvalue weighted by atomic mass is 9.95. The third kappa shape index (κ3) is 5.39. The van der Waals surface area contributed by atoms with Gasteiger partial charge in [0.1, 0.15) is 11.6 Å². The molecular formula is C30H36N4O4. The SMILES string of the molecule is CC(C)(C)OC(=O)N1CCC(C(=O)N2c3ccccc3C[C@H]2C(=O)NCCc2c[nH]c3ccccc23)CC1. The third-order valence-corrected chi connectivity index (χ3v) is 7.38. The van der Waals surface area contributed by atoms with Gasteiger partial charge in [-0.3, -0.25) is 14.5 Å². The first-order valence-electron chi connectivity index (χ1n) is 13.4. The molecule has 0 aliphatic carbocycles. The number of H-pyrrole nitrogens is 1. The summed E-state index contributed by atoms with van der Waals surface area (Å²) in [5.41, 5.74) is 3.49. The second-order valence-corrected chi connectivity index (χ2v) is 11.2. The highest BCUT2D eigenvalue weighted by atomic mass is 16.6. The average molecular weight is 517 g/mol. The van der Waals surface area contributed by atoms with Gasteiger partial charge in [0.15, 0.2) is 0 Å². The number of fused-ring (bicyclic) bond motifs is 2. The molecule has 1 atom stereocenters. The molecule has 5 rings (SSSR count). The third-order valence-electron chi connectivity index (χ3n) is 7.38. The van der Waals surface area contributed by atoms with Crippen molar-refractivity contribution in [3.8, 4) is 0 Å². The molecule has 0 radical (unpaired) electrons. The normalized spacial score (nSPS) is 17.9. The van der Waals surface area contributed by atoms with Crippen LogP contribution in [0.4, 0.5) is 10.5 Å². The number of anilines is 1. The number of rotatable bonds is 5. The van der Waals surface area contributed by atoms with Crippen LogP contribution in [0.5, 0.6) is 0 Å². The summed E-state index contributed by atoms with van der Waals surface area (Å²) in [6.45, 7) is 6.95. The van der Waals surface area contributed by atoms with E-state index < -0.39 is 11.6 Å². The maximum atomic E-state index is 13.8. The van der Waals surface area contributed by atoms with Crippen molar-refractivity contribution in [3.63, 3.8) is 0 Å². The minimum absolute atomic E-state index is 0.0458. The minimum atomic E-state index is -0.577. The van der Waals surface area contributed by atoms with Crippen molar-refractivity contribution >= 4 is 34.5 Å². The number of carbonyl (C=O) groups is 3. The Balaban J connectivity index is 1.23. The lowest BCUT2D eigenvalue weighted by Crippen LogP contribution is -2.52. The Labute approximate surface area is 223 Å². The molecule has 0 spiro atoms. The number of hydrogen-bond acceptors (Lipinski definition) is 4. The van der Waals surface area contributed by atoms with Gasteiger partial charge in [-0.2, -0.15) is 0 Å². The van der Waals surface area contributed by atoms with E-state index in [1.54, 1.807) is 9.80 Å². The predicted octanol–water partition coefficient (Wildman–Crippen LogP) is 4.43. The molecule has 2 aromatic carbocycles. The topological polar surface area (TPSA) is 94.7 Å². The van der Waals surface area contributed by atoms with Gasteiger partial charge in [-0.1, -0.05) is 36.4 Å². The molecule has 3 aromatic rings. The number of ether oxygens (including phenoxy) is 1. The highest BCUT2D eigenvalue weighted by molar-refractivity contribution is 6.04. The first kappa shape index (κ1) is 25.8. The summed E-state index contributed by atoms with van der Waals surface area (Å²) < 4.78 is 5.49. The van der Waals surface area contributed by atoms with E-state index >= 15 is 0 Å². The number of likely N-dealkylation sites (tertiary alicyclic amines) is 1. The lowest BCUT2D eigenvalue weighted by Gasteiger charge is -2.35. The van der Waals surface area contributed by atoms with Gasteiger partial charge in [0.2, 0.25) is 11.8 Å². The van der Waals surface area contributed by atoms with Crippen LogP contribution in [-0.2, 0) is 27.2 Å². The maximum Gasteiger partial charge on any atom is 0.410 e. The molecular weight excluding hydrogens is 480 g/mol. The van der Waals surface area contributed by atoms with E-state index in [0.29, 0.717) is 45.3 Å². The minimum Gasteiger partial charge on any atom is -0.444 e. The van der Waals surface area contributed by atoms with E-state index in [1.807, 2.05) is 69.4 Å². The monoisotopic (exact) mass is 516 g/mol. The van der Waals surface area contributed by atoms with Crippen LogP contribution in [-0.4, -0.2) is 59.1 Å². The quantitative estimate of drug-likeness (QED) is 0.525. The molecule has 3 amide bonds. The molecule has 0 unspecified atom stereocenters. The molecule has 38 heavy (non-hydrogen) atoms. The van der Waals surface area contributed by atoms with Crippen LogP contribution in [0, 0.1) is 5.92 Å². The lowest BCUT2D eigenvalue weighted by molar-refractivity contribution is -0.128. The number of piperidine rings is 1. The van der Waals surface area contributed by atoms with Crippen LogP contribution in [0.1, 0.15) is 44.7 Å². The molecule has 3 heterocycles. The number of hydrogen-bond donors (Lipinski definition) is 2. The van der Waals surface area contributed by atoms with Crippen molar-refractivity contribution < 1.29 is 19.1 Å². The molecule has 2 N–H and O–H groups in total. The molecule has 1 aromatic heterocycles. The summed E-state index contributed by atoms with van der Waals surface area (Å²) >= 11 is 0. The van der Waals surface area contributed by atoms with Crippen LogP contribution < -0.4 is 10.2 Å². The fraction of sp³-hybridized carbons (Fsp3) is 0.433. The highest BCUT2D eigenvalue weighted by Crippen LogP contribution is 2.35. The molecule has 0 saturated carbocycles. The second-order valence-electron chi connectivity index (χ2n) is 11.2. The van der Waals surface area contributed by atoms with Gasteiger partial charge in [0.25, 0.3) is 0 Å². The summed E-state index contributed by atoms with van der Waals surface area (Å²) in [6, 6.07) is 15.3. The number of para-hydroxylation sites is 2. The predicted molar refractivity (Wildman–Crippen MR) is 147 cm³/mol. The molecule has 0 bridgehead atoms. The number of nitrogens with one attached hydrogen (secondary N) is 2. The molecule has 200 valence electrons. The zero-order chi connectivity index (χ0) is 26.9. The fourth-order valence-corrected chi connectivity index (χ4v) is 5.48. The zero-order valence-electron chi connectivity index (χ0n) is 22.3. The van der Waals surface area contributed by atoms with Crippen molar-refractivity contribution in [2.45, 2.75) is 58.1 Å². The van der Waals surface area contributed by atoms with Crippen molar-refractivity contribution in [2.75, 3.05) is 24.5 Å². The van der Waals surface area contributed by atoms with Gasteiger partial charge in [-0.05, 0) is 63.3 Å². The number of nitrogens with zero attached hydrogens (tertiary/aromatic N) is 2. The van der Waals surface area contributed by atoms with Crippen molar-refractivity contribution in [1.29, 1.82) is 0 Å². The van der Waals surface area contributed by atoms with Gasteiger partial charge in [0, 0.05) is 54.8 Å². The number of amides is 3. The van der Waals surface area contributed by atoms with E-state index in [4.69, 9.17) is 4.74 Å². The Kier molecular flexibility index (Phi) is 7.15. The Morgan fingerprint density at radius 2 is 1.74 bits per heavy atom. The Morgan fingerprint density at radius 3 is 2.50 bits per heavy atom. The van der Waals surface area contributed by atoms with Crippen LogP contribution in [0.3, 0.4) is 0 Å². The second kappa shape index (κ2) is 10.5. The van der Waals surface area contributed by atoms with Crippen molar-refractivity contribution in [1.82, 2.24) is 15.2 Å². The zero-order valence-corrected chi connectivity index (χ0v) is 22.3. The van der Waals surface area contributed by atoms with Gasteiger partial charge in [0.05, 0.1) is 0 Å². The number of carbonyl (C=O) groups excluding carboxylic acids is 3. The largest absolute Gasteiger partial charge is 0.444 e. The summed E-state index contributed by atoms with van der Waals surface area (Å²) in [6.07, 6.45) is 3.94. The first-order chi connectivity index (χ1) is 18.2. The maximum absolute atomic E-state index is 13.8. The molecule has 1 fully saturated rings.